The lowest BCUT2D eigenvalue weighted by Crippen LogP contribution is -2.39. The highest BCUT2D eigenvalue weighted by molar-refractivity contribution is 5.95. The topological polar surface area (TPSA) is 92.7 Å². The highest BCUT2D eigenvalue weighted by Gasteiger charge is 2.25. The molecule has 0 bridgehead atoms. The van der Waals surface area contributed by atoms with Crippen LogP contribution in [0.25, 0.3) is 0 Å². The number of nitro benzene ring substituents is 1. The van der Waals surface area contributed by atoms with Crippen molar-refractivity contribution < 1.29 is 9.72 Å². The molecular formula is C15H23ClN4O3. The van der Waals surface area contributed by atoms with E-state index >= 15 is 0 Å². The normalized spacial score (nSPS) is 15.0. The molecule has 0 aromatic heterocycles. The van der Waals surface area contributed by atoms with Crippen LogP contribution < -0.4 is 10.6 Å². The fourth-order valence-electron chi connectivity index (χ4n) is 2.59. The summed E-state index contributed by atoms with van der Waals surface area (Å²) in [4.78, 5) is 26.8. The molecule has 0 radical (unpaired) electrons. The quantitative estimate of drug-likeness (QED) is 0.653. The predicted molar refractivity (Wildman–Crippen MR) is 92.4 cm³/mol. The molecule has 8 heteroatoms. The number of anilines is 1. The average molecular weight is 343 g/mol. The van der Waals surface area contributed by atoms with Gasteiger partial charge in [-0.1, -0.05) is 0 Å². The number of nitrogens with zero attached hydrogens (tertiary/aromatic N) is 3. The Balaban J connectivity index is 0.00000264. The van der Waals surface area contributed by atoms with Gasteiger partial charge in [0.1, 0.15) is 5.69 Å². The molecule has 0 spiro atoms. The summed E-state index contributed by atoms with van der Waals surface area (Å²) in [6.07, 6.45) is 2.07. The van der Waals surface area contributed by atoms with Crippen LogP contribution in [-0.4, -0.2) is 48.5 Å². The predicted octanol–water partition coefficient (Wildman–Crippen LogP) is 2.04. The maximum Gasteiger partial charge on any atom is 0.293 e. The number of hydrogen-bond donors (Lipinski definition) is 1. The van der Waals surface area contributed by atoms with E-state index in [1.54, 1.807) is 19.2 Å². The Kier molecular flexibility index (Phi) is 6.78. The highest BCUT2D eigenvalue weighted by Crippen LogP contribution is 2.32. The van der Waals surface area contributed by atoms with Gasteiger partial charge in [-0.3, -0.25) is 14.9 Å². The van der Waals surface area contributed by atoms with Crippen LogP contribution in [0.15, 0.2) is 18.2 Å². The molecule has 2 N–H and O–H groups in total. The minimum Gasteiger partial charge on any atom is -0.366 e. The molecule has 1 atom stereocenters. The highest BCUT2D eigenvalue weighted by atomic mass is 35.5. The van der Waals surface area contributed by atoms with Crippen LogP contribution in [0, 0.1) is 10.1 Å². The van der Waals surface area contributed by atoms with Crippen LogP contribution in [0.4, 0.5) is 11.4 Å². The molecule has 1 aliphatic heterocycles. The van der Waals surface area contributed by atoms with E-state index in [4.69, 9.17) is 5.73 Å². The third-order valence-corrected chi connectivity index (χ3v) is 4.19. The SMILES string of the molecule is CC(CN)N(C)C(=O)c1ccc(N2CCCC2)c([N+](=O)[O-])c1.Cl. The standard InChI is InChI=1S/C15H22N4O3.ClH/c1-11(10-16)17(2)15(20)12-5-6-13(14(9-12)19(21)22)18-7-3-4-8-18;/h5-6,9,11H,3-4,7-8,10,16H2,1-2H3;1H. The van der Waals surface area contributed by atoms with Gasteiger partial charge >= 0.3 is 0 Å². The van der Waals surface area contributed by atoms with Crippen molar-refractivity contribution in [1.82, 2.24) is 4.90 Å². The van der Waals surface area contributed by atoms with Gasteiger partial charge in [-0.05, 0) is 31.9 Å². The molecule has 1 aromatic rings. The molecule has 1 aromatic carbocycles. The fraction of sp³-hybridized carbons (Fsp3) is 0.533. The smallest absolute Gasteiger partial charge is 0.293 e. The van der Waals surface area contributed by atoms with Crippen molar-refractivity contribution in [3.8, 4) is 0 Å². The van der Waals surface area contributed by atoms with Crippen LogP contribution in [0.1, 0.15) is 30.1 Å². The van der Waals surface area contributed by atoms with E-state index in [-0.39, 0.29) is 30.0 Å². The third kappa shape index (κ3) is 4.11. The molecule has 7 nitrogen and oxygen atoms in total. The summed E-state index contributed by atoms with van der Waals surface area (Å²) in [6, 6.07) is 4.58. The Morgan fingerprint density at radius 1 is 1.43 bits per heavy atom. The van der Waals surface area contributed by atoms with E-state index in [9.17, 15) is 14.9 Å². The van der Waals surface area contributed by atoms with Crippen molar-refractivity contribution in [2.24, 2.45) is 5.73 Å². The van der Waals surface area contributed by atoms with Crippen LogP contribution in [0.2, 0.25) is 0 Å². The number of nitro groups is 1. The Morgan fingerprint density at radius 2 is 2.04 bits per heavy atom. The number of nitrogens with two attached hydrogens (primary N) is 1. The number of rotatable bonds is 5. The minimum absolute atomic E-state index is 0. The lowest BCUT2D eigenvalue weighted by atomic mass is 10.1. The summed E-state index contributed by atoms with van der Waals surface area (Å²) >= 11 is 0. The van der Waals surface area contributed by atoms with Crippen molar-refractivity contribution in [2.45, 2.75) is 25.8 Å². The molecule has 2 rings (SSSR count). The minimum atomic E-state index is -0.420. The summed E-state index contributed by atoms with van der Waals surface area (Å²) in [5.41, 5.74) is 6.46. The summed E-state index contributed by atoms with van der Waals surface area (Å²) in [5, 5.41) is 11.3. The average Bonchev–Trinajstić information content (AvgIpc) is 3.06. The number of likely N-dealkylation sites (N-methyl/N-ethyl adjacent to an activating group) is 1. The lowest BCUT2D eigenvalue weighted by molar-refractivity contribution is -0.384. The second-order valence-corrected chi connectivity index (χ2v) is 5.66. The number of halogens is 1. The summed E-state index contributed by atoms with van der Waals surface area (Å²) in [6.45, 7) is 3.82. The zero-order chi connectivity index (χ0) is 16.3. The molecule has 1 saturated heterocycles. The molecule has 128 valence electrons. The second-order valence-electron chi connectivity index (χ2n) is 5.66. The Morgan fingerprint density at radius 3 is 2.57 bits per heavy atom. The number of hydrogen-bond acceptors (Lipinski definition) is 5. The van der Waals surface area contributed by atoms with Gasteiger partial charge in [0.25, 0.3) is 11.6 Å². The van der Waals surface area contributed by atoms with E-state index in [1.165, 1.54) is 11.0 Å². The molecule has 1 amide bonds. The first-order chi connectivity index (χ1) is 10.5. The monoisotopic (exact) mass is 342 g/mol. The van der Waals surface area contributed by atoms with Gasteiger partial charge in [0, 0.05) is 44.4 Å². The van der Waals surface area contributed by atoms with Gasteiger partial charge in [-0.15, -0.1) is 12.4 Å². The van der Waals surface area contributed by atoms with Crippen LogP contribution >= 0.6 is 12.4 Å². The number of amides is 1. The first-order valence-corrected chi connectivity index (χ1v) is 7.46. The van der Waals surface area contributed by atoms with Crippen molar-refractivity contribution in [2.75, 3.05) is 31.6 Å². The molecule has 0 aliphatic carbocycles. The summed E-state index contributed by atoms with van der Waals surface area (Å²) < 4.78 is 0. The first-order valence-electron chi connectivity index (χ1n) is 7.46. The molecule has 1 heterocycles. The first kappa shape index (κ1) is 19.2. The second kappa shape index (κ2) is 8.12. The Bertz CT molecular complexity index is 576. The van der Waals surface area contributed by atoms with Gasteiger partial charge in [-0.25, -0.2) is 0 Å². The molecule has 0 saturated carbocycles. The Labute approximate surface area is 142 Å². The molecule has 23 heavy (non-hydrogen) atoms. The molecule has 1 unspecified atom stereocenters. The molecule has 1 fully saturated rings. The van der Waals surface area contributed by atoms with E-state index < -0.39 is 4.92 Å². The van der Waals surface area contributed by atoms with Crippen molar-refractivity contribution in [1.29, 1.82) is 0 Å². The molecule has 1 aliphatic rings. The maximum atomic E-state index is 12.4. The van der Waals surface area contributed by atoms with Crippen molar-refractivity contribution in [3.05, 3.63) is 33.9 Å². The van der Waals surface area contributed by atoms with E-state index in [0.717, 1.165) is 25.9 Å². The Hall–Kier alpha value is -1.86. The third-order valence-electron chi connectivity index (χ3n) is 4.19. The molecular weight excluding hydrogens is 320 g/mol. The van der Waals surface area contributed by atoms with Crippen LogP contribution in [0.5, 0.6) is 0 Å². The maximum absolute atomic E-state index is 12.4. The van der Waals surface area contributed by atoms with Gasteiger partial charge < -0.3 is 15.5 Å². The lowest BCUT2D eigenvalue weighted by Gasteiger charge is -2.24. The largest absolute Gasteiger partial charge is 0.366 e. The zero-order valence-corrected chi connectivity index (χ0v) is 14.2. The van der Waals surface area contributed by atoms with Gasteiger partial charge in [0.15, 0.2) is 0 Å². The van der Waals surface area contributed by atoms with E-state index in [1.807, 2.05) is 11.8 Å². The van der Waals surface area contributed by atoms with E-state index in [0.29, 0.717) is 17.8 Å². The summed E-state index contributed by atoms with van der Waals surface area (Å²) in [5.74, 6) is -0.256. The van der Waals surface area contributed by atoms with Crippen molar-refractivity contribution in [3.63, 3.8) is 0 Å². The van der Waals surface area contributed by atoms with Gasteiger partial charge in [0.2, 0.25) is 0 Å². The van der Waals surface area contributed by atoms with E-state index in [2.05, 4.69) is 0 Å². The summed E-state index contributed by atoms with van der Waals surface area (Å²) in [7, 11) is 1.65. The number of carbonyl (C=O) groups excluding carboxylic acids is 1. The zero-order valence-electron chi connectivity index (χ0n) is 13.4. The number of benzene rings is 1. The fourth-order valence-corrected chi connectivity index (χ4v) is 2.59. The van der Waals surface area contributed by atoms with Crippen LogP contribution in [-0.2, 0) is 0 Å². The van der Waals surface area contributed by atoms with Crippen LogP contribution in [0.3, 0.4) is 0 Å². The van der Waals surface area contributed by atoms with Gasteiger partial charge in [0.05, 0.1) is 4.92 Å². The van der Waals surface area contributed by atoms with Crippen molar-refractivity contribution >= 4 is 29.7 Å². The number of carbonyl (C=O) groups is 1. The van der Waals surface area contributed by atoms with Gasteiger partial charge in [-0.2, -0.15) is 0 Å².